The molecule has 1 aromatic heterocycles. The number of halogens is 4. The SMILES string of the molecule is CC1(NC(=O)Cn2cc(C(F)(F)F)cc(Cl)c2=O)CCS(=O)(=O)C1. The zero-order chi connectivity index (χ0) is 18.3. The van der Waals surface area contributed by atoms with Crippen LogP contribution in [0, 0.1) is 0 Å². The van der Waals surface area contributed by atoms with Gasteiger partial charge in [-0.15, -0.1) is 0 Å². The number of rotatable bonds is 3. The minimum Gasteiger partial charge on any atom is -0.348 e. The Morgan fingerprint density at radius 1 is 1.46 bits per heavy atom. The third-order valence-corrected chi connectivity index (χ3v) is 5.80. The van der Waals surface area contributed by atoms with E-state index in [-0.39, 0.29) is 17.9 Å². The molecule has 1 saturated heterocycles. The van der Waals surface area contributed by atoms with E-state index in [1.165, 1.54) is 6.92 Å². The molecule has 0 radical (unpaired) electrons. The summed E-state index contributed by atoms with van der Waals surface area (Å²) in [6.07, 6.45) is -4.03. The molecule has 0 bridgehead atoms. The number of nitrogens with zero attached hydrogens (tertiary/aromatic N) is 1. The summed E-state index contributed by atoms with van der Waals surface area (Å²) in [4.78, 5) is 23.8. The van der Waals surface area contributed by atoms with Gasteiger partial charge in [-0.25, -0.2) is 8.42 Å². The zero-order valence-corrected chi connectivity index (χ0v) is 14.1. The first-order chi connectivity index (χ1) is 10.8. The van der Waals surface area contributed by atoms with Gasteiger partial charge in [0.1, 0.15) is 11.6 Å². The van der Waals surface area contributed by atoms with Crippen molar-refractivity contribution in [3.63, 3.8) is 0 Å². The fourth-order valence-electron chi connectivity index (χ4n) is 2.51. The Kier molecular flexibility index (Phi) is 4.75. The van der Waals surface area contributed by atoms with E-state index >= 15 is 0 Å². The van der Waals surface area contributed by atoms with Gasteiger partial charge in [0, 0.05) is 6.20 Å². The van der Waals surface area contributed by atoms with Gasteiger partial charge in [0.2, 0.25) is 5.91 Å². The van der Waals surface area contributed by atoms with Gasteiger partial charge < -0.3 is 9.88 Å². The smallest absolute Gasteiger partial charge is 0.348 e. The largest absolute Gasteiger partial charge is 0.417 e. The summed E-state index contributed by atoms with van der Waals surface area (Å²) in [5, 5.41) is 1.80. The minimum atomic E-state index is -4.72. The van der Waals surface area contributed by atoms with Crippen LogP contribution in [0.25, 0.3) is 0 Å². The number of nitrogens with one attached hydrogen (secondary N) is 1. The van der Waals surface area contributed by atoms with Gasteiger partial charge in [0.15, 0.2) is 9.84 Å². The van der Waals surface area contributed by atoms with Crippen LogP contribution in [0.1, 0.15) is 18.9 Å². The van der Waals surface area contributed by atoms with Gasteiger partial charge >= 0.3 is 6.18 Å². The molecule has 1 aromatic rings. The number of carbonyl (C=O) groups is 1. The first kappa shape index (κ1) is 18.8. The van der Waals surface area contributed by atoms with Crippen LogP contribution in [0.5, 0.6) is 0 Å². The van der Waals surface area contributed by atoms with Gasteiger partial charge in [0.05, 0.1) is 22.6 Å². The Morgan fingerprint density at radius 3 is 2.58 bits per heavy atom. The summed E-state index contributed by atoms with van der Waals surface area (Å²) in [6, 6.07) is 0.489. The van der Waals surface area contributed by atoms with Crippen molar-refractivity contribution in [2.75, 3.05) is 11.5 Å². The van der Waals surface area contributed by atoms with E-state index in [1.807, 2.05) is 0 Å². The Morgan fingerprint density at radius 2 is 2.08 bits per heavy atom. The summed E-state index contributed by atoms with van der Waals surface area (Å²) in [5.41, 5.74) is -3.11. The maximum absolute atomic E-state index is 12.7. The lowest BCUT2D eigenvalue weighted by atomic mass is 10.0. The lowest BCUT2D eigenvalue weighted by Crippen LogP contribution is -2.48. The van der Waals surface area contributed by atoms with Gasteiger partial charge in [0.25, 0.3) is 5.56 Å². The molecule has 24 heavy (non-hydrogen) atoms. The minimum absolute atomic E-state index is 0.0842. The molecule has 1 fully saturated rings. The molecule has 0 spiro atoms. The molecule has 1 aliphatic heterocycles. The standard InChI is InChI=1S/C13H14ClF3N2O4S/c1-12(2-3-24(22,23)7-12)18-10(20)6-19-5-8(13(15,16)17)4-9(14)11(19)21/h4-5H,2-3,6-7H2,1H3,(H,18,20). The summed E-state index contributed by atoms with van der Waals surface area (Å²) >= 11 is 5.50. The molecule has 1 aliphatic rings. The molecular weight excluding hydrogens is 373 g/mol. The van der Waals surface area contributed by atoms with E-state index in [4.69, 9.17) is 11.6 Å². The summed E-state index contributed by atoms with van der Waals surface area (Å²) in [6.45, 7) is 0.829. The van der Waals surface area contributed by atoms with Crippen LogP contribution >= 0.6 is 11.6 Å². The Labute approximate surface area is 140 Å². The Hall–Kier alpha value is -1.55. The number of amides is 1. The molecule has 11 heteroatoms. The average molecular weight is 387 g/mol. The summed E-state index contributed by atoms with van der Waals surface area (Å²) in [7, 11) is -3.27. The number of alkyl halides is 3. The summed E-state index contributed by atoms with van der Waals surface area (Å²) in [5.74, 6) is -1.12. The molecule has 6 nitrogen and oxygen atoms in total. The van der Waals surface area contributed by atoms with Crippen molar-refractivity contribution in [3.8, 4) is 0 Å². The van der Waals surface area contributed by atoms with Crippen LogP contribution in [-0.4, -0.2) is 35.9 Å². The monoisotopic (exact) mass is 386 g/mol. The van der Waals surface area contributed by atoms with Crippen LogP contribution in [0.4, 0.5) is 13.2 Å². The van der Waals surface area contributed by atoms with Crippen molar-refractivity contribution >= 4 is 27.3 Å². The first-order valence-corrected chi connectivity index (χ1v) is 9.00. The highest BCUT2D eigenvalue weighted by Crippen LogP contribution is 2.29. The van der Waals surface area contributed by atoms with Gasteiger partial charge in [-0.2, -0.15) is 13.2 Å². The Bertz CT molecular complexity index is 835. The average Bonchev–Trinajstić information content (AvgIpc) is 2.67. The highest BCUT2D eigenvalue weighted by atomic mass is 35.5. The highest BCUT2D eigenvalue weighted by molar-refractivity contribution is 7.91. The van der Waals surface area contributed by atoms with E-state index in [0.29, 0.717) is 16.8 Å². The lowest BCUT2D eigenvalue weighted by molar-refractivity contribution is -0.138. The predicted octanol–water partition coefficient (Wildman–Crippen LogP) is 1.21. The van der Waals surface area contributed by atoms with Gasteiger partial charge in [-0.1, -0.05) is 11.6 Å². The van der Waals surface area contributed by atoms with E-state index in [0.717, 1.165) is 0 Å². The summed E-state index contributed by atoms with van der Waals surface area (Å²) < 4.78 is 61.8. The normalized spacial score (nSPS) is 23.2. The third kappa shape index (κ3) is 4.29. The van der Waals surface area contributed by atoms with Crippen LogP contribution in [0.2, 0.25) is 5.02 Å². The second-order valence-corrected chi connectivity index (χ2v) is 8.55. The van der Waals surface area contributed by atoms with Crippen molar-refractivity contribution in [3.05, 3.63) is 33.2 Å². The number of pyridine rings is 1. The molecular formula is C13H14ClF3N2O4S. The fraction of sp³-hybridized carbons (Fsp3) is 0.538. The van der Waals surface area contributed by atoms with E-state index in [9.17, 15) is 31.2 Å². The molecule has 0 aromatic carbocycles. The lowest BCUT2D eigenvalue weighted by Gasteiger charge is -2.24. The van der Waals surface area contributed by atoms with Gasteiger partial charge in [-0.3, -0.25) is 9.59 Å². The molecule has 0 aliphatic carbocycles. The number of hydrogen-bond acceptors (Lipinski definition) is 4. The Balaban J connectivity index is 2.21. The molecule has 2 heterocycles. The quantitative estimate of drug-likeness (QED) is 0.846. The molecule has 1 amide bonds. The van der Waals surface area contributed by atoms with Crippen LogP contribution in [0.3, 0.4) is 0 Å². The second-order valence-electron chi connectivity index (χ2n) is 5.96. The second kappa shape index (κ2) is 6.07. The van der Waals surface area contributed by atoms with Crippen molar-refractivity contribution < 1.29 is 26.4 Å². The highest BCUT2D eigenvalue weighted by Gasteiger charge is 2.39. The zero-order valence-electron chi connectivity index (χ0n) is 12.5. The van der Waals surface area contributed by atoms with Crippen molar-refractivity contribution in [1.29, 1.82) is 0 Å². The van der Waals surface area contributed by atoms with Crippen LogP contribution in [-0.2, 0) is 27.4 Å². The molecule has 0 saturated carbocycles. The molecule has 1 atom stereocenters. The molecule has 134 valence electrons. The first-order valence-electron chi connectivity index (χ1n) is 6.80. The van der Waals surface area contributed by atoms with Crippen LogP contribution < -0.4 is 10.9 Å². The number of hydrogen-bond donors (Lipinski definition) is 1. The van der Waals surface area contributed by atoms with Crippen molar-refractivity contribution in [2.45, 2.75) is 31.6 Å². The maximum atomic E-state index is 12.7. The predicted molar refractivity (Wildman–Crippen MR) is 80.5 cm³/mol. The molecule has 2 rings (SSSR count). The number of sulfone groups is 1. The maximum Gasteiger partial charge on any atom is 0.417 e. The van der Waals surface area contributed by atoms with Crippen LogP contribution in [0.15, 0.2) is 17.1 Å². The van der Waals surface area contributed by atoms with E-state index in [2.05, 4.69) is 5.32 Å². The molecule has 1 N–H and O–H groups in total. The van der Waals surface area contributed by atoms with E-state index < -0.39 is 50.1 Å². The molecule has 1 unspecified atom stereocenters. The fourth-order valence-corrected chi connectivity index (χ4v) is 4.83. The number of carbonyl (C=O) groups excluding carboxylic acids is 1. The van der Waals surface area contributed by atoms with E-state index in [1.54, 1.807) is 0 Å². The van der Waals surface area contributed by atoms with Crippen molar-refractivity contribution in [1.82, 2.24) is 9.88 Å². The topological polar surface area (TPSA) is 85.2 Å². The number of aromatic nitrogens is 1. The van der Waals surface area contributed by atoms with Crippen molar-refractivity contribution in [2.24, 2.45) is 0 Å². The third-order valence-electron chi connectivity index (χ3n) is 3.63. The van der Waals surface area contributed by atoms with Gasteiger partial charge in [-0.05, 0) is 19.4 Å².